The van der Waals surface area contributed by atoms with Gasteiger partial charge in [0.15, 0.2) is 11.5 Å². The van der Waals surface area contributed by atoms with Crippen molar-refractivity contribution in [3.8, 4) is 23.0 Å². The molecule has 3 rings (SSSR count). The monoisotopic (exact) mass is 540 g/mol. The molecule has 0 fully saturated rings. The Bertz CT molecular complexity index is 1190. The molecule has 0 saturated carbocycles. The van der Waals surface area contributed by atoms with Gasteiger partial charge in [-0.1, -0.05) is 18.2 Å². The second-order valence-corrected chi connectivity index (χ2v) is 9.93. The molecule has 9 heteroatoms. The minimum atomic E-state index is -0.321. The van der Waals surface area contributed by atoms with Gasteiger partial charge in [-0.15, -0.1) is 11.3 Å². The zero-order valence-electron chi connectivity index (χ0n) is 22.9. The number of hydrogen-bond acceptors (Lipinski definition) is 7. The van der Waals surface area contributed by atoms with Gasteiger partial charge in [0.25, 0.3) is 5.91 Å². The molecule has 1 aromatic heterocycles. The predicted octanol–water partition coefficient (Wildman–Crippen LogP) is 4.90. The smallest absolute Gasteiger partial charge is 0.262 e. The molecular formula is C29H36N2O6S. The third kappa shape index (κ3) is 6.98. The summed E-state index contributed by atoms with van der Waals surface area (Å²) in [6.07, 6.45) is 0.618. The first-order chi connectivity index (χ1) is 18.3. The molecule has 204 valence electrons. The molecule has 0 aliphatic rings. The van der Waals surface area contributed by atoms with Gasteiger partial charge in [0.05, 0.1) is 35.0 Å². The number of carbonyl (C=O) groups excluding carboxylic acids is 2. The molecule has 0 atom stereocenters. The van der Waals surface area contributed by atoms with E-state index in [1.807, 2.05) is 49.6 Å². The first kappa shape index (κ1) is 28.8. The number of thiophene rings is 1. The van der Waals surface area contributed by atoms with Crippen LogP contribution < -0.4 is 18.9 Å². The molecule has 0 bridgehead atoms. The zero-order chi connectivity index (χ0) is 27.7. The Balaban J connectivity index is 1.84. The number of nitrogens with zero attached hydrogens (tertiary/aromatic N) is 2. The van der Waals surface area contributed by atoms with Gasteiger partial charge in [0.1, 0.15) is 23.6 Å². The highest BCUT2D eigenvalue weighted by Crippen LogP contribution is 2.31. The van der Waals surface area contributed by atoms with Crippen molar-refractivity contribution in [2.45, 2.75) is 32.9 Å². The molecule has 0 aliphatic heterocycles. The molecule has 0 N–H and O–H groups in total. The van der Waals surface area contributed by atoms with Crippen molar-refractivity contribution in [1.82, 2.24) is 9.80 Å². The highest BCUT2D eigenvalue weighted by Gasteiger charge is 2.29. The van der Waals surface area contributed by atoms with Crippen LogP contribution in [0.15, 0.2) is 53.9 Å². The number of amides is 2. The lowest BCUT2D eigenvalue weighted by molar-refractivity contribution is -0.132. The van der Waals surface area contributed by atoms with Crippen molar-refractivity contribution in [3.05, 3.63) is 69.9 Å². The first-order valence-electron chi connectivity index (χ1n) is 12.4. The van der Waals surface area contributed by atoms with Crippen LogP contribution >= 0.6 is 11.3 Å². The predicted molar refractivity (Wildman–Crippen MR) is 149 cm³/mol. The minimum Gasteiger partial charge on any atom is -0.496 e. The molecule has 0 saturated heterocycles. The van der Waals surface area contributed by atoms with E-state index in [0.29, 0.717) is 48.1 Å². The van der Waals surface area contributed by atoms with Crippen molar-refractivity contribution in [3.63, 3.8) is 0 Å². The van der Waals surface area contributed by atoms with Crippen molar-refractivity contribution in [2.75, 3.05) is 41.5 Å². The van der Waals surface area contributed by atoms with Crippen molar-refractivity contribution in [2.24, 2.45) is 0 Å². The zero-order valence-corrected chi connectivity index (χ0v) is 23.7. The van der Waals surface area contributed by atoms with Crippen LogP contribution in [0.4, 0.5) is 0 Å². The Morgan fingerprint density at radius 1 is 0.842 bits per heavy atom. The topological polar surface area (TPSA) is 77.5 Å². The van der Waals surface area contributed by atoms with Gasteiger partial charge in [-0.2, -0.15) is 0 Å². The fourth-order valence-electron chi connectivity index (χ4n) is 4.12. The van der Waals surface area contributed by atoms with E-state index in [0.717, 1.165) is 10.4 Å². The molecule has 0 aliphatic carbocycles. The van der Waals surface area contributed by atoms with Gasteiger partial charge in [0.2, 0.25) is 5.91 Å². The standard InChI is InChI=1S/C29H36N2O6S/c1-20(2)31(29(33)28-24(35-4)10-7-11-25(28)36-5)19-27(32)30(18-22-9-8-16-38-22)15-14-21-12-13-23(34-3)26(17-21)37-6/h7-13,16-17,20H,14-15,18-19H2,1-6H3. The number of benzene rings is 2. The maximum atomic E-state index is 13.7. The molecule has 38 heavy (non-hydrogen) atoms. The number of ether oxygens (including phenoxy) is 4. The summed E-state index contributed by atoms with van der Waals surface area (Å²) in [7, 11) is 6.21. The maximum Gasteiger partial charge on any atom is 0.262 e. The van der Waals surface area contributed by atoms with Gasteiger partial charge in [0, 0.05) is 17.5 Å². The molecule has 2 amide bonds. The molecule has 1 heterocycles. The summed E-state index contributed by atoms with van der Waals surface area (Å²) in [5.41, 5.74) is 1.32. The van der Waals surface area contributed by atoms with Crippen molar-refractivity contribution < 1.29 is 28.5 Å². The van der Waals surface area contributed by atoms with Gasteiger partial charge in [-0.25, -0.2) is 0 Å². The molecule has 0 unspecified atom stereocenters. The highest BCUT2D eigenvalue weighted by molar-refractivity contribution is 7.09. The number of hydrogen-bond donors (Lipinski definition) is 0. The van der Waals surface area contributed by atoms with E-state index < -0.39 is 0 Å². The molecule has 8 nitrogen and oxygen atoms in total. The van der Waals surface area contributed by atoms with E-state index >= 15 is 0 Å². The molecule has 2 aromatic carbocycles. The van der Waals surface area contributed by atoms with E-state index in [4.69, 9.17) is 18.9 Å². The third-order valence-electron chi connectivity index (χ3n) is 6.23. The Morgan fingerprint density at radius 3 is 2.05 bits per heavy atom. The number of rotatable bonds is 13. The van der Waals surface area contributed by atoms with E-state index in [1.165, 1.54) is 14.2 Å². The summed E-state index contributed by atoms with van der Waals surface area (Å²) in [5, 5.41) is 1.99. The Labute approximate surface area is 228 Å². The van der Waals surface area contributed by atoms with E-state index in [1.54, 1.807) is 53.6 Å². The Kier molecular flexibility index (Phi) is 10.4. The fraction of sp³-hybridized carbons (Fsp3) is 0.379. The van der Waals surface area contributed by atoms with Crippen molar-refractivity contribution >= 4 is 23.2 Å². The van der Waals surface area contributed by atoms with Crippen LogP contribution in [0.5, 0.6) is 23.0 Å². The Hall–Kier alpha value is -3.72. The minimum absolute atomic E-state index is 0.0744. The van der Waals surface area contributed by atoms with Gasteiger partial charge in [-0.05, 0) is 61.5 Å². The highest BCUT2D eigenvalue weighted by atomic mass is 32.1. The second kappa shape index (κ2) is 13.7. The number of carbonyl (C=O) groups is 2. The van der Waals surface area contributed by atoms with Crippen LogP contribution in [-0.4, -0.2) is 69.2 Å². The summed E-state index contributed by atoms with van der Waals surface area (Å²) >= 11 is 1.60. The summed E-state index contributed by atoms with van der Waals surface area (Å²) in [5.74, 6) is 1.63. The summed E-state index contributed by atoms with van der Waals surface area (Å²) in [6.45, 7) is 4.64. The lowest BCUT2D eigenvalue weighted by Gasteiger charge is -2.31. The average Bonchev–Trinajstić information content (AvgIpc) is 3.45. The first-order valence-corrected chi connectivity index (χ1v) is 13.2. The number of methoxy groups -OCH3 is 4. The maximum absolute atomic E-state index is 13.7. The van der Waals surface area contributed by atoms with E-state index in [9.17, 15) is 9.59 Å². The summed E-state index contributed by atoms with van der Waals surface area (Å²) < 4.78 is 21.7. The van der Waals surface area contributed by atoms with E-state index in [-0.39, 0.29) is 24.4 Å². The van der Waals surface area contributed by atoms with Crippen molar-refractivity contribution in [1.29, 1.82) is 0 Å². The molecular weight excluding hydrogens is 504 g/mol. The normalized spacial score (nSPS) is 10.7. The molecule has 0 radical (unpaired) electrons. The van der Waals surface area contributed by atoms with E-state index in [2.05, 4.69) is 0 Å². The molecule has 0 spiro atoms. The summed E-state index contributed by atoms with van der Waals surface area (Å²) in [6, 6.07) is 14.7. The van der Waals surface area contributed by atoms with Crippen LogP contribution in [0.2, 0.25) is 0 Å². The lowest BCUT2D eigenvalue weighted by atomic mass is 10.1. The van der Waals surface area contributed by atoms with Gasteiger partial charge < -0.3 is 28.7 Å². The van der Waals surface area contributed by atoms with Crippen LogP contribution in [0.1, 0.15) is 34.6 Å². The Morgan fingerprint density at radius 2 is 1.50 bits per heavy atom. The van der Waals surface area contributed by atoms with Crippen LogP contribution in [0.3, 0.4) is 0 Å². The van der Waals surface area contributed by atoms with Crippen LogP contribution in [-0.2, 0) is 17.8 Å². The average molecular weight is 541 g/mol. The third-order valence-corrected chi connectivity index (χ3v) is 7.09. The largest absolute Gasteiger partial charge is 0.496 e. The molecule has 3 aromatic rings. The van der Waals surface area contributed by atoms with Gasteiger partial charge in [-0.3, -0.25) is 9.59 Å². The quantitative estimate of drug-likeness (QED) is 0.307. The van der Waals surface area contributed by atoms with Gasteiger partial charge >= 0.3 is 0 Å². The second-order valence-electron chi connectivity index (χ2n) is 8.90. The van der Waals surface area contributed by atoms with Crippen LogP contribution in [0, 0.1) is 0 Å². The SMILES string of the molecule is COc1ccc(CCN(Cc2cccs2)C(=O)CN(C(=O)c2c(OC)cccc2OC)C(C)C)cc1OC. The lowest BCUT2D eigenvalue weighted by Crippen LogP contribution is -2.46. The van der Waals surface area contributed by atoms with Crippen LogP contribution in [0.25, 0.3) is 0 Å². The summed E-state index contributed by atoms with van der Waals surface area (Å²) in [4.78, 5) is 31.8. The fourth-order valence-corrected chi connectivity index (χ4v) is 4.84.